The molecule has 0 unspecified atom stereocenters. The second-order valence-electron chi connectivity index (χ2n) is 9.04. The molecular weight excluding hydrogens is 558 g/mol. The number of halogens is 6. The fraction of sp³-hybridized carbons (Fsp3) is 0.143. The summed E-state index contributed by atoms with van der Waals surface area (Å²) in [5, 5.41) is 23.0. The fourth-order valence-electron chi connectivity index (χ4n) is 4.09. The molecule has 7 nitrogen and oxygen atoms in total. The van der Waals surface area contributed by atoms with Crippen LogP contribution < -0.4 is 4.74 Å². The Morgan fingerprint density at radius 3 is 1.20 bits per heavy atom. The maximum atomic E-state index is 15.5. The van der Waals surface area contributed by atoms with Crippen LogP contribution in [0.3, 0.4) is 0 Å². The number of alkyl halides is 4. The van der Waals surface area contributed by atoms with Gasteiger partial charge < -0.3 is 4.74 Å². The minimum absolute atomic E-state index is 0.487. The van der Waals surface area contributed by atoms with Crippen molar-refractivity contribution < 1.29 is 40.9 Å². The first-order valence-corrected chi connectivity index (χ1v) is 11.7. The van der Waals surface area contributed by atoms with Gasteiger partial charge in [-0.15, -0.1) is 0 Å². The van der Waals surface area contributed by atoms with Gasteiger partial charge >= 0.3 is 11.8 Å². The number of rotatable bonds is 8. The average molecular weight is 576 g/mol. The van der Waals surface area contributed by atoms with E-state index in [4.69, 9.17) is 4.74 Å². The Balaban J connectivity index is 1.88. The van der Waals surface area contributed by atoms with Gasteiger partial charge in [-0.05, 0) is 26.0 Å². The van der Waals surface area contributed by atoms with Crippen molar-refractivity contribution >= 4 is 11.4 Å². The molecule has 13 heteroatoms. The zero-order valence-electron chi connectivity index (χ0n) is 21.1. The molecule has 4 rings (SSSR count). The predicted molar refractivity (Wildman–Crippen MR) is 135 cm³/mol. The van der Waals surface area contributed by atoms with Crippen LogP contribution in [0.25, 0.3) is 0 Å². The zero-order chi connectivity index (χ0) is 30.3. The van der Waals surface area contributed by atoms with Gasteiger partial charge in [0.05, 0.1) is 9.85 Å². The van der Waals surface area contributed by atoms with Crippen molar-refractivity contribution in [1.82, 2.24) is 0 Å². The third kappa shape index (κ3) is 5.30. The summed E-state index contributed by atoms with van der Waals surface area (Å²) in [6.45, 7) is 3.18. The molecule has 0 saturated heterocycles. The Hall–Kier alpha value is -4.94. The molecule has 0 amide bonds. The fourth-order valence-corrected chi connectivity index (χ4v) is 4.09. The van der Waals surface area contributed by atoms with Crippen LogP contribution in [0.2, 0.25) is 0 Å². The molecule has 4 aromatic carbocycles. The lowest BCUT2D eigenvalue weighted by Crippen LogP contribution is -2.20. The molecule has 0 aliphatic carbocycles. The van der Waals surface area contributed by atoms with Gasteiger partial charge in [0.2, 0.25) is 0 Å². The number of hydrogen-bond acceptors (Lipinski definition) is 5. The number of benzene rings is 4. The van der Waals surface area contributed by atoms with Crippen LogP contribution in [0.1, 0.15) is 33.4 Å². The van der Waals surface area contributed by atoms with Crippen LogP contribution in [-0.2, 0) is 11.8 Å². The van der Waals surface area contributed by atoms with E-state index in [1.165, 1.54) is 24.3 Å². The van der Waals surface area contributed by atoms with Crippen LogP contribution in [0.15, 0.2) is 72.8 Å². The van der Waals surface area contributed by atoms with E-state index >= 15 is 26.3 Å². The van der Waals surface area contributed by atoms with Gasteiger partial charge in [-0.25, -0.2) is 8.78 Å². The van der Waals surface area contributed by atoms with Gasteiger partial charge in [-0.3, -0.25) is 20.2 Å². The van der Waals surface area contributed by atoms with Crippen molar-refractivity contribution in [2.24, 2.45) is 0 Å². The van der Waals surface area contributed by atoms with E-state index in [1.807, 2.05) is 0 Å². The molecule has 41 heavy (non-hydrogen) atoms. The lowest BCUT2D eigenvalue weighted by Gasteiger charge is -2.21. The van der Waals surface area contributed by atoms with Crippen molar-refractivity contribution in [2.45, 2.75) is 25.7 Å². The van der Waals surface area contributed by atoms with E-state index in [0.29, 0.717) is 35.4 Å². The number of nitrogens with zero attached hydrogens (tertiary/aromatic N) is 2. The van der Waals surface area contributed by atoms with Gasteiger partial charge in [-0.1, -0.05) is 59.7 Å². The highest BCUT2D eigenvalue weighted by Crippen LogP contribution is 2.47. The summed E-state index contributed by atoms with van der Waals surface area (Å²) >= 11 is 0. The summed E-state index contributed by atoms with van der Waals surface area (Å²) in [6.07, 6.45) is 0. The number of nitro groups is 2. The van der Waals surface area contributed by atoms with Crippen LogP contribution >= 0.6 is 0 Å². The van der Waals surface area contributed by atoms with Crippen molar-refractivity contribution in [3.8, 4) is 11.5 Å². The Kier molecular flexibility index (Phi) is 7.48. The Morgan fingerprint density at radius 1 is 0.585 bits per heavy atom. The number of hydrogen-bond donors (Lipinski definition) is 0. The first kappa shape index (κ1) is 29.1. The lowest BCUT2D eigenvalue weighted by molar-refractivity contribution is -0.387. The van der Waals surface area contributed by atoms with E-state index < -0.39 is 78.5 Å². The SMILES string of the molecule is Cc1ccc(C(F)(F)c2c([N+](=O)[O-])ccc(Oc3ccc([N+](=O)[O-])c(C(F)(F)c4ccc(C)cc4)c3F)c2F)cc1. The van der Waals surface area contributed by atoms with Crippen LogP contribution in [-0.4, -0.2) is 9.85 Å². The van der Waals surface area contributed by atoms with Gasteiger partial charge in [0.25, 0.3) is 11.4 Å². The molecule has 0 radical (unpaired) electrons. The van der Waals surface area contributed by atoms with Gasteiger partial charge in [-0.2, -0.15) is 17.6 Å². The molecule has 0 saturated carbocycles. The predicted octanol–water partition coefficient (Wildman–Crippen LogP) is 8.47. The summed E-state index contributed by atoms with van der Waals surface area (Å²) in [6, 6.07) is 10.9. The number of aryl methyl sites for hydroxylation is 2. The molecule has 212 valence electrons. The first-order chi connectivity index (χ1) is 19.2. The lowest BCUT2D eigenvalue weighted by atomic mass is 9.96. The quantitative estimate of drug-likeness (QED) is 0.119. The minimum Gasteiger partial charge on any atom is -0.451 e. The van der Waals surface area contributed by atoms with Crippen molar-refractivity contribution in [2.75, 3.05) is 0 Å². The Labute approximate surface area is 227 Å². The highest BCUT2D eigenvalue weighted by Gasteiger charge is 2.46. The van der Waals surface area contributed by atoms with Gasteiger partial charge in [0, 0.05) is 23.3 Å². The summed E-state index contributed by atoms with van der Waals surface area (Å²) in [4.78, 5) is 20.5. The van der Waals surface area contributed by atoms with E-state index in [1.54, 1.807) is 13.8 Å². The maximum Gasteiger partial charge on any atom is 0.308 e. The standard InChI is InChI=1S/C28H18F6N2O5/c1-15-3-7-17(8-4-15)27(31,32)23-19(35(37)38)11-13-21(25(23)29)41-22-14-12-20(36(39)40)24(26(22)30)28(33,34)18-9-5-16(2)6-10-18/h3-14H,1-2H3. The zero-order valence-corrected chi connectivity index (χ0v) is 21.1. The van der Waals surface area contributed by atoms with E-state index in [0.717, 1.165) is 24.3 Å². The molecule has 0 bridgehead atoms. The largest absolute Gasteiger partial charge is 0.451 e. The highest BCUT2D eigenvalue weighted by molar-refractivity contribution is 5.56. The summed E-state index contributed by atoms with van der Waals surface area (Å²) in [7, 11) is 0. The van der Waals surface area contributed by atoms with Crippen molar-refractivity contribution in [1.29, 1.82) is 0 Å². The number of ether oxygens (including phenoxy) is 1. The third-order valence-corrected chi connectivity index (χ3v) is 6.24. The van der Waals surface area contributed by atoms with Gasteiger partial charge in [0.15, 0.2) is 23.1 Å². The molecule has 0 spiro atoms. The van der Waals surface area contributed by atoms with E-state index in [-0.39, 0.29) is 0 Å². The molecular formula is C28H18F6N2O5. The molecule has 0 fully saturated rings. The molecule has 0 atom stereocenters. The molecule has 4 aromatic rings. The van der Waals surface area contributed by atoms with E-state index in [2.05, 4.69) is 0 Å². The molecule has 0 heterocycles. The highest BCUT2D eigenvalue weighted by atomic mass is 19.3. The molecule has 0 aliphatic rings. The normalized spacial score (nSPS) is 11.8. The van der Waals surface area contributed by atoms with Crippen molar-refractivity contribution in [3.63, 3.8) is 0 Å². The monoisotopic (exact) mass is 576 g/mol. The maximum absolute atomic E-state index is 15.5. The first-order valence-electron chi connectivity index (χ1n) is 11.7. The van der Waals surface area contributed by atoms with Gasteiger partial charge in [0.1, 0.15) is 11.1 Å². The summed E-state index contributed by atoms with van der Waals surface area (Å²) in [5.74, 6) is -14.8. The second-order valence-corrected chi connectivity index (χ2v) is 9.04. The van der Waals surface area contributed by atoms with Crippen LogP contribution in [0.5, 0.6) is 11.5 Å². The van der Waals surface area contributed by atoms with Crippen LogP contribution in [0.4, 0.5) is 37.7 Å². The molecule has 0 N–H and O–H groups in total. The smallest absolute Gasteiger partial charge is 0.308 e. The van der Waals surface area contributed by atoms with E-state index in [9.17, 15) is 20.2 Å². The second kappa shape index (κ2) is 10.6. The summed E-state index contributed by atoms with van der Waals surface area (Å²) in [5.41, 5.74) is -6.53. The van der Waals surface area contributed by atoms with Crippen molar-refractivity contribution in [3.05, 3.63) is 138 Å². The Bertz CT molecular complexity index is 1540. The minimum atomic E-state index is -4.28. The Morgan fingerprint density at radius 2 is 0.902 bits per heavy atom. The average Bonchev–Trinajstić information content (AvgIpc) is 2.90. The molecule has 0 aliphatic heterocycles. The summed E-state index contributed by atoms with van der Waals surface area (Å²) < 4.78 is 97.8. The topological polar surface area (TPSA) is 95.5 Å². The molecule has 0 aromatic heterocycles. The van der Waals surface area contributed by atoms with Crippen LogP contribution in [0, 0.1) is 45.7 Å². The number of nitro benzene ring substituents is 2. The third-order valence-electron chi connectivity index (χ3n) is 6.24.